The van der Waals surface area contributed by atoms with E-state index in [-0.39, 0.29) is 19.4 Å². The van der Waals surface area contributed by atoms with Crippen LogP contribution in [0.2, 0.25) is 0 Å². The minimum absolute atomic E-state index is 0.178. The lowest BCUT2D eigenvalue weighted by Crippen LogP contribution is -2.29. The van der Waals surface area contributed by atoms with Gasteiger partial charge in [-0.3, -0.25) is 18.6 Å². The Kier molecular flexibility index (Phi) is 33.3. The normalized spacial score (nSPS) is 14.2. The van der Waals surface area contributed by atoms with Crippen molar-refractivity contribution in [2.75, 3.05) is 26.4 Å². The van der Waals surface area contributed by atoms with E-state index < -0.39 is 51.8 Å². The van der Waals surface area contributed by atoms with Crippen molar-refractivity contribution in [3.8, 4) is 0 Å². The largest absolute Gasteiger partial charge is 0.472 e. The van der Waals surface area contributed by atoms with Gasteiger partial charge in [-0.15, -0.1) is 0 Å². The van der Waals surface area contributed by atoms with Crippen LogP contribution in [0.15, 0.2) is 12.2 Å². The predicted octanol–water partition coefficient (Wildman–Crippen LogP) is 9.28. The van der Waals surface area contributed by atoms with E-state index in [1.165, 1.54) is 77.0 Å². The van der Waals surface area contributed by atoms with Crippen molar-refractivity contribution < 1.29 is 47.8 Å². The first-order valence-corrected chi connectivity index (χ1v) is 20.6. The first-order chi connectivity index (χ1) is 23.2. The van der Waals surface area contributed by atoms with E-state index in [1.54, 1.807) is 0 Å². The molecular formula is C37H71O10P. The Hall–Kier alpha value is -1.29. The molecule has 3 N–H and O–H groups in total. The molecule has 0 aromatic rings. The number of unbranched alkanes of at least 4 members (excludes halogenated alkanes) is 20. The summed E-state index contributed by atoms with van der Waals surface area (Å²) in [4.78, 5) is 34.7. The summed E-state index contributed by atoms with van der Waals surface area (Å²) in [6.45, 7) is 2.34. The van der Waals surface area contributed by atoms with Crippen LogP contribution in [0.3, 0.4) is 0 Å². The Morgan fingerprint density at radius 2 is 1.02 bits per heavy atom. The quantitative estimate of drug-likeness (QED) is 0.0249. The van der Waals surface area contributed by atoms with Crippen molar-refractivity contribution in [2.45, 2.75) is 187 Å². The molecule has 284 valence electrons. The molecule has 10 nitrogen and oxygen atoms in total. The number of hydrogen-bond acceptors (Lipinski definition) is 9. The molecule has 0 aromatic heterocycles. The summed E-state index contributed by atoms with van der Waals surface area (Å²) >= 11 is 0. The number of hydrogen-bond donors (Lipinski definition) is 3. The zero-order valence-electron chi connectivity index (χ0n) is 30.5. The maximum atomic E-state index is 12.5. The van der Waals surface area contributed by atoms with E-state index >= 15 is 0 Å². The van der Waals surface area contributed by atoms with E-state index in [0.29, 0.717) is 12.8 Å². The molecule has 0 heterocycles. The van der Waals surface area contributed by atoms with Gasteiger partial charge in [0.2, 0.25) is 0 Å². The number of carbonyl (C=O) groups excluding carboxylic acids is 2. The SMILES string of the molecule is CCCCCCCC/C=C\CCCCCCCC(=O)O[C@H](COC(=O)CCCCCCCCCCCC)COP(=O)(O)OC[C@@H](O)CO. The minimum Gasteiger partial charge on any atom is -0.462 e. The number of rotatable bonds is 36. The molecular weight excluding hydrogens is 635 g/mol. The first kappa shape index (κ1) is 46.7. The van der Waals surface area contributed by atoms with Crippen molar-refractivity contribution in [1.82, 2.24) is 0 Å². The number of carbonyl (C=O) groups is 2. The second-order valence-corrected chi connectivity index (χ2v) is 14.4. The zero-order valence-corrected chi connectivity index (χ0v) is 31.4. The molecule has 3 atom stereocenters. The Morgan fingerprint density at radius 3 is 1.50 bits per heavy atom. The summed E-state index contributed by atoms with van der Waals surface area (Å²) in [6, 6.07) is 0. The monoisotopic (exact) mass is 706 g/mol. The summed E-state index contributed by atoms with van der Waals surface area (Å²) in [5.74, 6) is -0.932. The Balaban J connectivity index is 4.36. The van der Waals surface area contributed by atoms with Gasteiger partial charge in [-0.2, -0.15) is 0 Å². The topological polar surface area (TPSA) is 149 Å². The molecule has 0 aliphatic rings. The standard InChI is InChI=1S/C37H71O10P/c1-3-5-7-9-11-13-15-16-17-18-19-21-23-25-27-29-37(41)47-35(33-46-48(42,43)45-31-34(39)30-38)32-44-36(40)28-26-24-22-20-14-12-10-8-6-4-2/h16-17,34-35,38-39H,3-15,18-33H2,1-2H3,(H,42,43)/b17-16-/t34-,35+/m0/s1. The van der Waals surface area contributed by atoms with Gasteiger partial charge in [-0.25, -0.2) is 4.57 Å². The highest BCUT2D eigenvalue weighted by Gasteiger charge is 2.27. The molecule has 1 unspecified atom stereocenters. The van der Waals surface area contributed by atoms with Crippen LogP contribution in [0, 0.1) is 0 Å². The summed E-state index contributed by atoms with van der Waals surface area (Å²) in [7, 11) is -4.61. The lowest BCUT2D eigenvalue weighted by Gasteiger charge is -2.20. The molecule has 48 heavy (non-hydrogen) atoms. The van der Waals surface area contributed by atoms with Crippen LogP contribution in [0.5, 0.6) is 0 Å². The highest BCUT2D eigenvalue weighted by atomic mass is 31.2. The molecule has 0 bridgehead atoms. The molecule has 0 aromatic carbocycles. The minimum atomic E-state index is -4.61. The summed E-state index contributed by atoms with van der Waals surface area (Å²) < 4.78 is 32.5. The Labute approximate surface area is 292 Å². The van der Waals surface area contributed by atoms with E-state index in [4.69, 9.17) is 19.1 Å². The van der Waals surface area contributed by atoms with Gasteiger partial charge < -0.3 is 24.6 Å². The van der Waals surface area contributed by atoms with Crippen molar-refractivity contribution in [3.63, 3.8) is 0 Å². The Morgan fingerprint density at radius 1 is 0.604 bits per heavy atom. The number of aliphatic hydroxyl groups excluding tert-OH is 2. The lowest BCUT2D eigenvalue weighted by molar-refractivity contribution is -0.161. The van der Waals surface area contributed by atoms with E-state index in [2.05, 4.69) is 30.5 Å². The number of phosphoric acid groups is 1. The number of allylic oxidation sites excluding steroid dienone is 2. The van der Waals surface area contributed by atoms with Crippen LogP contribution in [-0.2, 0) is 32.7 Å². The average Bonchev–Trinajstić information content (AvgIpc) is 3.07. The van der Waals surface area contributed by atoms with E-state index in [1.807, 2.05) is 0 Å². The van der Waals surface area contributed by atoms with Crippen LogP contribution in [0.1, 0.15) is 174 Å². The smallest absolute Gasteiger partial charge is 0.462 e. The lowest BCUT2D eigenvalue weighted by atomic mass is 10.1. The Bertz CT molecular complexity index is 822. The van der Waals surface area contributed by atoms with Crippen LogP contribution in [-0.4, -0.2) is 65.7 Å². The van der Waals surface area contributed by atoms with Crippen LogP contribution in [0.25, 0.3) is 0 Å². The van der Waals surface area contributed by atoms with Gasteiger partial charge in [-0.05, 0) is 38.5 Å². The molecule has 0 rings (SSSR count). The molecule has 0 radical (unpaired) electrons. The number of ether oxygens (including phenoxy) is 2. The zero-order chi connectivity index (χ0) is 35.6. The molecule has 0 amide bonds. The maximum Gasteiger partial charge on any atom is 0.472 e. The van der Waals surface area contributed by atoms with E-state index in [0.717, 1.165) is 57.8 Å². The summed E-state index contributed by atoms with van der Waals surface area (Å²) in [6.07, 6.45) is 29.0. The third-order valence-corrected chi connectivity index (χ3v) is 9.12. The molecule has 11 heteroatoms. The van der Waals surface area contributed by atoms with Crippen molar-refractivity contribution in [2.24, 2.45) is 0 Å². The second kappa shape index (κ2) is 34.2. The average molecular weight is 707 g/mol. The van der Waals surface area contributed by atoms with Gasteiger partial charge in [0, 0.05) is 12.8 Å². The number of esters is 2. The third kappa shape index (κ3) is 33.2. The van der Waals surface area contributed by atoms with Gasteiger partial charge in [0.05, 0.1) is 19.8 Å². The van der Waals surface area contributed by atoms with Gasteiger partial charge in [-0.1, -0.05) is 135 Å². The first-order valence-electron chi connectivity index (χ1n) is 19.1. The highest BCUT2D eigenvalue weighted by molar-refractivity contribution is 7.47. The van der Waals surface area contributed by atoms with Crippen molar-refractivity contribution in [1.29, 1.82) is 0 Å². The predicted molar refractivity (Wildman–Crippen MR) is 192 cm³/mol. The number of phosphoric ester groups is 1. The van der Waals surface area contributed by atoms with Gasteiger partial charge in [0.1, 0.15) is 12.7 Å². The van der Waals surface area contributed by atoms with Crippen LogP contribution >= 0.6 is 7.82 Å². The number of aliphatic hydroxyl groups is 2. The van der Waals surface area contributed by atoms with Crippen LogP contribution < -0.4 is 0 Å². The van der Waals surface area contributed by atoms with Gasteiger partial charge in [0.15, 0.2) is 6.10 Å². The fraction of sp³-hybridized carbons (Fsp3) is 0.892. The van der Waals surface area contributed by atoms with Crippen molar-refractivity contribution in [3.05, 3.63) is 12.2 Å². The van der Waals surface area contributed by atoms with Gasteiger partial charge >= 0.3 is 19.8 Å². The third-order valence-electron chi connectivity index (χ3n) is 8.17. The molecule has 0 aliphatic carbocycles. The summed E-state index contributed by atoms with van der Waals surface area (Å²) in [5.41, 5.74) is 0. The van der Waals surface area contributed by atoms with Gasteiger partial charge in [0.25, 0.3) is 0 Å². The van der Waals surface area contributed by atoms with Crippen LogP contribution in [0.4, 0.5) is 0 Å². The molecule has 0 spiro atoms. The molecule has 0 aliphatic heterocycles. The fourth-order valence-electron chi connectivity index (χ4n) is 5.16. The second-order valence-electron chi connectivity index (χ2n) is 13.0. The molecule has 0 saturated heterocycles. The maximum absolute atomic E-state index is 12.5. The highest BCUT2D eigenvalue weighted by Crippen LogP contribution is 2.43. The molecule has 0 fully saturated rings. The van der Waals surface area contributed by atoms with Crippen molar-refractivity contribution >= 4 is 19.8 Å². The molecule has 0 saturated carbocycles. The summed E-state index contributed by atoms with van der Waals surface area (Å²) in [5, 5.41) is 18.2. The fourth-order valence-corrected chi connectivity index (χ4v) is 5.95. The van der Waals surface area contributed by atoms with E-state index in [9.17, 15) is 24.2 Å².